The van der Waals surface area contributed by atoms with Gasteiger partial charge in [0.1, 0.15) is 0 Å². The number of rotatable bonds is 3. The zero-order chi connectivity index (χ0) is 13.8. The molecule has 0 fully saturated rings. The van der Waals surface area contributed by atoms with Gasteiger partial charge >= 0.3 is 0 Å². The Morgan fingerprint density at radius 3 is 3.05 bits per heavy atom. The number of nitrogens with zero attached hydrogens (tertiary/aromatic N) is 3. The number of nitrogens with one attached hydrogen (secondary N) is 1. The van der Waals surface area contributed by atoms with Crippen LogP contribution >= 0.6 is 15.9 Å². The van der Waals surface area contributed by atoms with Gasteiger partial charge in [-0.25, -0.2) is 4.68 Å². The quantitative estimate of drug-likeness (QED) is 0.876. The molecule has 0 saturated carbocycles. The highest BCUT2D eigenvalue weighted by Gasteiger charge is 2.16. The number of carbonyl (C=O) groups excluding carboxylic acids is 1. The monoisotopic (exact) mass is 318 g/mol. The Kier molecular flexibility index (Phi) is 3.97. The molecule has 1 N–H and O–H groups in total. The third kappa shape index (κ3) is 2.83. The van der Waals surface area contributed by atoms with Gasteiger partial charge in [0, 0.05) is 4.47 Å². The number of terminal acetylenes is 1. The zero-order valence-corrected chi connectivity index (χ0v) is 11.8. The van der Waals surface area contributed by atoms with E-state index in [0.717, 1.165) is 10.2 Å². The fraction of sp³-hybridized carbons (Fsp3) is 0.154. The fourth-order valence-electron chi connectivity index (χ4n) is 1.61. The molecule has 96 valence electrons. The summed E-state index contributed by atoms with van der Waals surface area (Å²) in [5.74, 6) is 2.02. The predicted molar refractivity (Wildman–Crippen MR) is 75.0 cm³/mol. The van der Waals surface area contributed by atoms with Crippen LogP contribution in [0, 0.1) is 19.3 Å². The van der Waals surface area contributed by atoms with Gasteiger partial charge in [-0.05, 0) is 25.1 Å². The number of amides is 1. The van der Waals surface area contributed by atoms with Gasteiger partial charge in [-0.15, -0.1) is 11.5 Å². The molecule has 0 unspecified atom stereocenters. The summed E-state index contributed by atoms with van der Waals surface area (Å²) in [6, 6.07) is 7.58. The second-order valence-corrected chi connectivity index (χ2v) is 4.72. The van der Waals surface area contributed by atoms with Crippen LogP contribution in [0.15, 0.2) is 28.7 Å². The molecule has 1 aromatic heterocycles. The van der Waals surface area contributed by atoms with Crippen LogP contribution in [-0.4, -0.2) is 27.4 Å². The van der Waals surface area contributed by atoms with Gasteiger partial charge in [-0.2, -0.15) is 0 Å². The lowest BCUT2D eigenvalue weighted by atomic mass is 10.3. The van der Waals surface area contributed by atoms with Crippen molar-refractivity contribution >= 4 is 21.8 Å². The molecule has 0 saturated heterocycles. The Balaban J connectivity index is 2.33. The van der Waals surface area contributed by atoms with Crippen molar-refractivity contribution in [2.45, 2.75) is 6.92 Å². The van der Waals surface area contributed by atoms with Gasteiger partial charge in [0.2, 0.25) is 0 Å². The second kappa shape index (κ2) is 5.67. The minimum Gasteiger partial charge on any atom is -0.340 e. The predicted octanol–water partition coefficient (Wildman–Crippen LogP) is 1.70. The second-order valence-electron chi connectivity index (χ2n) is 3.80. The Morgan fingerprint density at radius 2 is 2.37 bits per heavy atom. The fourth-order valence-corrected chi connectivity index (χ4v) is 1.99. The molecule has 0 atom stereocenters. The molecule has 0 bridgehead atoms. The van der Waals surface area contributed by atoms with Crippen LogP contribution in [0.2, 0.25) is 0 Å². The summed E-state index contributed by atoms with van der Waals surface area (Å²) >= 11 is 3.39. The van der Waals surface area contributed by atoms with Crippen molar-refractivity contribution in [2.75, 3.05) is 6.54 Å². The summed E-state index contributed by atoms with van der Waals surface area (Å²) in [7, 11) is 0. The van der Waals surface area contributed by atoms with Crippen molar-refractivity contribution in [3.05, 3.63) is 40.1 Å². The van der Waals surface area contributed by atoms with Gasteiger partial charge in [0.25, 0.3) is 5.91 Å². The van der Waals surface area contributed by atoms with Crippen LogP contribution in [0.4, 0.5) is 0 Å². The molecule has 5 nitrogen and oxygen atoms in total. The smallest absolute Gasteiger partial charge is 0.274 e. The van der Waals surface area contributed by atoms with E-state index >= 15 is 0 Å². The molecule has 0 aliphatic heterocycles. The molecule has 1 aromatic carbocycles. The lowest BCUT2D eigenvalue weighted by Gasteiger charge is -2.04. The van der Waals surface area contributed by atoms with Crippen LogP contribution in [0.3, 0.4) is 0 Å². The maximum Gasteiger partial charge on any atom is 0.274 e. The highest BCUT2D eigenvalue weighted by molar-refractivity contribution is 9.10. The first-order valence-corrected chi connectivity index (χ1v) is 6.32. The molecule has 1 heterocycles. The number of hydrogen-bond donors (Lipinski definition) is 1. The number of carbonyl (C=O) groups is 1. The molecule has 0 radical (unpaired) electrons. The number of halogens is 1. The van der Waals surface area contributed by atoms with E-state index in [-0.39, 0.29) is 18.1 Å². The first kappa shape index (κ1) is 13.3. The molecule has 2 rings (SSSR count). The standard InChI is InChI=1S/C13H11BrN4O/c1-3-7-15-13(19)12-9(2)18(17-16-12)11-6-4-5-10(14)8-11/h1,4-6,8H,7H2,2H3,(H,15,19). The van der Waals surface area contributed by atoms with Crippen LogP contribution in [0.5, 0.6) is 0 Å². The third-order valence-electron chi connectivity index (χ3n) is 2.51. The molecule has 0 aliphatic rings. The molecule has 1 amide bonds. The van der Waals surface area contributed by atoms with Crippen LogP contribution in [0.1, 0.15) is 16.2 Å². The minimum absolute atomic E-state index is 0.169. The van der Waals surface area contributed by atoms with Crippen LogP contribution in [-0.2, 0) is 0 Å². The topological polar surface area (TPSA) is 59.8 Å². The average Bonchev–Trinajstić information content (AvgIpc) is 2.78. The maximum absolute atomic E-state index is 11.8. The van der Waals surface area contributed by atoms with Gasteiger partial charge < -0.3 is 5.32 Å². The number of aromatic nitrogens is 3. The van der Waals surface area contributed by atoms with Crippen molar-refractivity contribution in [1.29, 1.82) is 0 Å². The molecule has 0 aliphatic carbocycles. The highest BCUT2D eigenvalue weighted by Crippen LogP contribution is 2.17. The molecule has 19 heavy (non-hydrogen) atoms. The Hall–Kier alpha value is -2.13. The summed E-state index contributed by atoms with van der Waals surface area (Å²) in [4.78, 5) is 11.8. The first-order chi connectivity index (χ1) is 9.13. The minimum atomic E-state index is -0.323. The van der Waals surface area contributed by atoms with Gasteiger partial charge in [0.05, 0.1) is 17.9 Å². The summed E-state index contributed by atoms with van der Waals surface area (Å²) in [6.45, 7) is 1.95. The largest absolute Gasteiger partial charge is 0.340 e. The Bertz CT molecular complexity index is 657. The number of hydrogen-bond acceptors (Lipinski definition) is 3. The van der Waals surface area contributed by atoms with Crippen molar-refractivity contribution in [3.8, 4) is 18.0 Å². The SMILES string of the molecule is C#CCNC(=O)c1nnn(-c2cccc(Br)c2)c1C. The maximum atomic E-state index is 11.8. The summed E-state index contributed by atoms with van der Waals surface area (Å²) in [5, 5.41) is 10.4. The van der Waals surface area contributed by atoms with E-state index in [0.29, 0.717) is 5.69 Å². The summed E-state index contributed by atoms with van der Waals surface area (Å²) < 4.78 is 2.54. The number of benzene rings is 1. The van der Waals surface area contributed by atoms with E-state index in [1.165, 1.54) is 0 Å². The van der Waals surface area contributed by atoms with Gasteiger partial charge in [-0.1, -0.05) is 33.1 Å². The van der Waals surface area contributed by atoms with Crippen molar-refractivity contribution in [1.82, 2.24) is 20.3 Å². The molecule has 0 spiro atoms. The Labute approximate surface area is 119 Å². The van der Waals surface area contributed by atoms with E-state index in [1.54, 1.807) is 11.6 Å². The normalized spacial score (nSPS) is 9.95. The third-order valence-corrected chi connectivity index (χ3v) is 3.01. The van der Waals surface area contributed by atoms with Crippen LogP contribution in [0.25, 0.3) is 5.69 Å². The van der Waals surface area contributed by atoms with E-state index in [4.69, 9.17) is 6.42 Å². The molecular formula is C13H11BrN4O. The molecular weight excluding hydrogens is 308 g/mol. The highest BCUT2D eigenvalue weighted by atomic mass is 79.9. The van der Waals surface area contributed by atoms with Gasteiger partial charge in [-0.3, -0.25) is 4.79 Å². The first-order valence-electron chi connectivity index (χ1n) is 5.53. The Morgan fingerprint density at radius 1 is 1.58 bits per heavy atom. The van der Waals surface area contributed by atoms with E-state index < -0.39 is 0 Å². The van der Waals surface area contributed by atoms with Crippen LogP contribution < -0.4 is 5.32 Å². The summed E-state index contributed by atoms with van der Waals surface area (Å²) in [5.41, 5.74) is 1.76. The lowest BCUT2D eigenvalue weighted by molar-refractivity contribution is 0.0953. The lowest BCUT2D eigenvalue weighted by Crippen LogP contribution is -2.24. The van der Waals surface area contributed by atoms with Crippen molar-refractivity contribution < 1.29 is 4.79 Å². The molecule has 2 aromatic rings. The average molecular weight is 319 g/mol. The van der Waals surface area contributed by atoms with E-state index in [1.807, 2.05) is 24.3 Å². The van der Waals surface area contributed by atoms with E-state index in [9.17, 15) is 4.79 Å². The summed E-state index contributed by atoms with van der Waals surface area (Å²) in [6.07, 6.45) is 5.09. The van der Waals surface area contributed by atoms with Gasteiger partial charge in [0.15, 0.2) is 5.69 Å². The molecule has 6 heteroatoms. The van der Waals surface area contributed by atoms with E-state index in [2.05, 4.69) is 37.5 Å². The van der Waals surface area contributed by atoms with Crippen molar-refractivity contribution in [3.63, 3.8) is 0 Å². The van der Waals surface area contributed by atoms with Crippen molar-refractivity contribution in [2.24, 2.45) is 0 Å². The zero-order valence-electron chi connectivity index (χ0n) is 10.2.